The van der Waals surface area contributed by atoms with Crippen LogP contribution in [-0.4, -0.2) is 73.9 Å². The highest BCUT2D eigenvalue weighted by atomic mass is 19.4. The zero-order valence-electron chi connectivity index (χ0n) is 44.5. The van der Waals surface area contributed by atoms with Crippen LogP contribution in [-0.2, 0) is 6.18 Å². The summed E-state index contributed by atoms with van der Waals surface area (Å²) in [5.41, 5.74) is 5.20. The number of nitrogens with zero attached hydrogens (tertiary/aromatic N) is 15. The second-order valence-electron chi connectivity index (χ2n) is 19.8. The molecule has 0 spiro atoms. The summed E-state index contributed by atoms with van der Waals surface area (Å²) in [5.74, 6) is 5.52. The van der Waals surface area contributed by atoms with Crippen LogP contribution in [0.2, 0.25) is 0 Å². The van der Waals surface area contributed by atoms with Crippen molar-refractivity contribution in [3.8, 4) is 79.4 Å². The molecule has 7 aromatic heterocycles. The molecule has 390 valence electrons. The SMILES string of the molecule is Cc1nc(C)nc(-c2ccc3c4ccc(-c5nc(C)nc(C)n5)cc4n(-c4cc(-c5cccc(-c6ccccc6)n5)cc(-n5c6cc(-c7nc(C)nc(C)n7)ccc6c6ccc(-c7nc(C)nc(C)n7)cc65)c4C(F)(F)F)c3c2)n1. The molecule has 0 saturated carbocycles. The van der Waals surface area contributed by atoms with Crippen molar-refractivity contribution in [3.63, 3.8) is 0 Å². The summed E-state index contributed by atoms with van der Waals surface area (Å²) < 4.78 is 55.9. The fraction of sp³-hybridized carbons (Fsp3) is 0.145. The molecule has 0 bridgehead atoms. The molecular weight excluding hydrogens is 1010 g/mol. The first-order valence-corrected chi connectivity index (χ1v) is 25.7. The summed E-state index contributed by atoms with van der Waals surface area (Å²) >= 11 is 0. The molecule has 13 aromatic rings. The van der Waals surface area contributed by atoms with Crippen LogP contribution >= 0.6 is 0 Å². The minimum absolute atomic E-state index is 0.174. The van der Waals surface area contributed by atoms with Crippen molar-refractivity contribution in [2.24, 2.45) is 0 Å². The predicted molar refractivity (Wildman–Crippen MR) is 302 cm³/mol. The number of benzene rings is 6. The Morgan fingerprint density at radius 2 is 0.588 bits per heavy atom. The fourth-order valence-corrected chi connectivity index (χ4v) is 10.9. The van der Waals surface area contributed by atoms with E-state index in [-0.39, 0.29) is 11.4 Å². The van der Waals surface area contributed by atoms with E-state index in [0.29, 0.717) is 153 Å². The average molecular weight is 1060 g/mol. The number of aryl methyl sites for hydroxylation is 8. The Hall–Kier alpha value is -10.1. The molecule has 18 heteroatoms. The first-order valence-electron chi connectivity index (χ1n) is 25.7. The molecule has 0 N–H and O–H groups in total. The number of hydrogen-bond donors (Lipinski definition) is 0. The number of halogens is 3. The average Bonchev–Trinajstić information content (AvgIpc) is 3.93. The Morgan fingerprint density at radius 3 is 0.887 bits per heavy atom. The zero-order valence-corrected chi connectivity index (χ0v) is 44.5. The molecule has 0 atom stereocenters. The van der Waals surface area contributed by atoms with Gasteiger partial charge >= 0.3 is 6.18 Å². The summed E-state index contributed by atoms with van der Waals surface area (Å²) in [4.78, 5) is 60.4. The van der Waals surface area contributed by atoms with Crippen LogP contribution in [0.15, 0.2) is 133 Å². The second-order valence-corrected chi connectivity index (χ2v) is 19.8. The quantitative estimate of drug-likeness (QED) is 0.141. The van der Waals surface area contributed by atoms with Gasteiger partial charge in [0.2, 0.25) is 0 Å². The van der Waals surface area contributed by atoms with Crippen LogP contribution in [0.25, 0.3) is 123 Å². The maximum atomic E-state index is 17.5. The molecule has 15 nitrogen and oxygen atoms in total. The van der Waals surface area contributed by atoms with Crippen molar-refractivity contribution in [2.45, 2.75) is 61.6 Å². The number of fused-ring (bicyclic) bond motifs is 6. The maximum Gasteiger partial charge on any atom is 0.420 e. The molecule has 0 aliphatic carbocycles. The topological polar surface area (TPSA) is 177 Å². The normalized spacial score (nSPS) is 11.9. The van der Waals surface area contributed by atoms with Gasteiger partial charge in [-0.25, -0.2) is 64.8 Å². The van der Waals surface area contributed by atoms with Gasteiger partial charge in [-0.15, -0.1) is 0 Å². The highest BCUT2D eigenvalue weighted by Crippen LogP contribution is 2.47. The van der Waals surface area contributed by atoms with Crippen LogP contribution in [0.5, 0.6) is 0 Å². The molecule has 0 amide bonds. The molecule has 0 fully saturated rings. The zero-order chi connectivity index (χ0) is 55.3. The second kappa shape index (κ2) is 18.8. The van der Waals surface area contributed by atoms with E-state index in [1.807, 2.05) is 121 Å². The lowest BCUT2D eigenvalue weighted by atomic mass is 10.0. The Morgan fingerprint density at radius 1 is 0.287 bits per heavy atom. The van der Waals surface area contributed by atoms with Crippen molar-refractivity contribution in [3.05, 3.63) is 186 Å². The van der Waals surface area contributed by atoms with E-state index in [4.69, 9.17) is 44.9 Å². The van der Waals surface area contributed by atoms with E-state index >= 15 is 13.2 Å². The van der Waals surface area contributed by atoms with Gasteiger partial charge in [-0.2, -0.15) is 13.2 Å². The lowest BCUT2D eigenvalue weighted by Crippen LogP contribution is -2.16. The van der Waals surface area contributed by atoms with Gasteiger partial charge in [-0.1, -0.05) is 84.9 Å². The first-order chi connectivity index (χ1) is 38.5. The molecule has 0 unspecified atom stereocenters. The molecule has 0 saturated heterocycles. The van der Waals surface area contributed by atoms with Crippen LogP contribution in [0.4, 0.5) is 13.2 Å². The minimum atomic E-state index is -5.02. The van der Waals surface area contributed by atoms with Crippen molar-refractivity contribution in [1.82, 2.24) is 73.9 Å². The Labute approximate surface area is 455 Å². The lowest BCUT2D eigenvalue weighted by Gasteiger charge is -2.23. The van der Waals surface area contributed by atoms with E-state index in [9.17, 15) is 0 Å². The van der Waals surface area contributed by atoms with Crippen molar-refractivity contribution in [2.75, 3.05) is 0 Å². The van der Waals surface area contributed by atoms with E-state index in [0.717, 1.165) is 5.56 Å². The van der Waals surface area contributed by atoms with Crippen LogP contribution in [0, 0.1) is 55.4 Å². The molecule has 0 aliphatic heterocycles. The minimum Gasteiger partial charge on any atom is -0.308 e. The van der Waals surface area contributed by atoms with Crippen molar-refractivity contribution in [1.29, 1.82) is 0 Å². The molecule has 6 aromatic carbocycles. The van der Waals surface area contributed by atoms with Gasteiger partial charge in [0.25, 0.3) is 0 Å². The third-order valence-electron chi connectivity index (χ3n) is 14.0. The largest absolute Gasteiger partial charge is 0.420 e. The lowest BCUT2D eigenvalue weighted by molar-refractivity contribution is -0.137. The molecule has 13 rings (SSSR count). The Bertz CT molecular complexity index is 4160. The van der Waals surface area contributed by atoms with Crippen molar-refractivity contribution >= 4 is 43.6 Å². The number of alkyl halides is 3. The molecule has 7 heterocycles. The van der Waals surface area contributed by atoms with Gasteiger partial charge in [0.1, 0.15) is 52.2 Å². The van der Waals surface area contributed by atoms with Gasteiger partial charge in [0.15, 0.2) is 23.3 Å². The first kappa shape index (κ1) is 49.5. The monoisotopic (exact) mass is 1060 g/mol. The highest BCUT2D eigenvalue weighted by molar-refractivity contribution is 6.13. The third kappa shape index (κ3) is 8.79. The van der Waals surface area contributed by atoms with Crippen LogP contribution < -0.4 is 0 Å². The predicted octanol–water partition coefficient (Wildman–Crippen LogP) is 13.5. The molecular formula is C62H46F3N15. The highest BCUT2D eigenvalue weighted by Gasteiger charge is 2.40. The van der Waals surface area contributed by atoms with E-state index in [2.05, 4.69) is 19.9 Å². The number of pyridine rings is 1. The molecule has 80 heavy (non-hydrogen) atoms. The fourth-order valence-electron chi connectivity index (χ4n) is 10.9. The standard InChI is InChI=1S/C62H46F3N15/c1-31-66-32(2)71-58(70-31)40-17-21-45-46-22-18-41(59-72-33(3)67-34(4)73-59)26-52(46)79(51(45)25-40)55-29-44(50-16-12-15-49(78-50)39-13-10-9-11-14-39)30-56(57(55)62(63,64)65)80-53-27-42(60-74-35(5)68-36(6)75-60)19-23-47(53)48-24-20-43(28-54(48)80)61-76-37(7)69-38(8)77-61/h9-30H,1-8H3. The number of rotatable bonds is 8. The van der Waals surface area contributed by atoms with Gasteiger partial charge in [-0.3, -0.25) is 0 Å². The summed E-state index contributed by atoms with van der Waals surface area (Å²) in [6, 6.07) is 41.0. The van der Waals surface area contributed by atoms with E-state index in [1.54, 1.807) is 76.7 Å². The van der Waals surface area contributed by atoms with E-state index < -0.39 is 11.7 Å². The van der Waals surface area contributed by atoms with Gasteiger partial charge < -0.3 is 9.13 Å². The summed E-state index contributed by atoms with van der Waals surface area (Å²) in [5, 5.41) is 2.73. The van der Waals surface area contributed by atoms with Crippen LogP contribution in [0.3, 0.4) is 0 Å². The third-order valence-corrected chi connectivity index (χ3v) is 14.0. The van der Waals surface area contributed by atoms with Gasteiger partial charge in [-0.05, 0) is 104 Å². The number of hydrogen-bond acceptors (Lipinski definition) is 13. The van der Waals surface area contributed by atoms with E-state index in [1.165, 1.54) is 0 Å². The molecule has 0 radical (unpaired) electrons. The Balaban J connectivity index is 1.21. The van der Waals surface area contributed by atoms with Gasteiger partial charge in [0.05, 0.1) is 44.8 Å². The summed E-state index contributed by atoms with van der Waals surface area (Å²) in [6.07, 6.45) is -5.02. The summed E-state index contributed by atoms with van der Waals surface area (Å²) in [7, 11) is 0. The van der Waals surface area contributed by atoms with Crippen LogP contribution in [0.1, 0.15) is 52.2 Å². The molecule has 0 aliphatic rings. The smallest absolute Gasteiger partial charge is 0.308 e. The Kier molecular flexibility index (Phi) is 11.6. The summed E-state index contributed by atoms with van der Waals surface area (Å²) in [6.45, 7) is 14.2. The number of aromatic nitrogens is 15. The maximum absolute atomic E-state index is 17.5. The van der Waals surface area contributed by atoms with Crippen molar-refractivity contribution < 1.29 is 13.2 Å². The van der Waals surface area contributed by atoms with Gasteiger partial charge in [0, 0.05) is 54.9 Å².